The Morgan fingerprint density at radius 3 is 2.92 bits per heavy atom. The Morgan fingerprint density at radius 2 is 2.16 bits per heavy atom. The Balaban J connectivity index is 1.69. The predicted molar refractivity (Wildman–Crippen MR) is 98.1 cm³/mol. The fraction of sp³-hybridized carbons (Fsp3) is 0.389. The van der Waals surface area contributed by atoms with Crippen molar-refractivity contribution in [2.24, 2.45) is 5.92 Å². The first-order chi connectivity index (χ1) is 12.0. The molecule has 3 rings (SSSR count). The molecule has 0 saturated carbocycles. The van der Waals surface area contributed by atoms with Crippen LogP contribution in [0, 0.1) is 5.92 Å². The molecule has 1 amide bonds. The number of aliphatic carboxylic acids is 1. The van der Waals surface area contributed by atoms with E-state index < -0.39 is 5.97 Å². The predicted octanol–water partition coefficient (Wildman–Crippen LogP) is 4.18. The van der Waals surface area contributed by atoms with Crippen LogP contribution in [0.25, 0.3) is 10.6 Å². The van der Waals surface area contributed by atoms with Crippen LogP contribution in [-0.2, 0) is 4.79 Å². The third-order valence-electron chi connectivity index (χ3n) is 4.39. The number of carbonyl (C=O) groups is 2. The van der Waals surface area contributed by atoms with E-state index in [0.717, 1.165) is 23.4 Å². The van der Waals surface area contributed by atoms with E-state index in [1.807, 2.05) is 23.1 Å². The van der Waals surface area contributed by atoms with Gasteiger partial charge in [-0.2, -0.15) is 0 Å². The largest absolute Gasteiger partial charge is 0.481 e. The second-order valence-corrected chi connectivity index (χ2v) is 7.64. The highest BCUT2D eigenvalue weighted by Crippen LogP contribution is 2.32. The van der Waals surface area contributed by atoms with E-state index in [1.54, 1.807) is 12.3 Å². The third-order valence-corrected chi connectivity index (χ3v) is 5.74. The summed E-state index contributed by atoms with van der Waals surface area (Å²) in [6, 6.07) is 7.44. The van der Waals surface area contributed by atoms with Crippen LogP contribution >= 0.6 is 22.9 Å². The smallest absolute Gasteiger partial charge is 0.303 e. The van der Waals surface area contributed by atoms with Gasteiger partial charge in [0, 0.05) is 25.1 Å². The third kappa shape index (κ3) is 4.38. The molecular weight excluding hydrogens is 360 g/mol. The number of carboxylic acids is 1. The minimum atomic E-state index is -0.782. The maximum Gasteiger partial charge on any atom is 0.303 e. The molecule has 0 radical (unpaired) electrons. The Hall–Kier alpha value is -1.92. The average Bonchev–Trinajstić information content (AvgIpc) is 3.10. The van der Waals surface area contributed by atoms with Crippen LogP contribution in [-0.4, -0.2) is 40.0 Å². The van der Waals surface area contributed by atoms with Crippen LogP contribution < -0.4 is 0 Å². The van der Waals surface area contributed by atoms with Crippen molar-refractivity contribution in [3.8, 4) is 10.6 Å². The highest BCUT2D eigenvalue weighted by atomic mass is 35.5. The van der Waals surface area contributed by atoms with Crippen molar-refractivity contribution in [2.45, 2.75) is 25.7 Å². The first-order valence-corrected chi connectivity index (χ1v) is 9.46. The molecule has 0 spiro atoms. The van der Waals surface area contributed by atoms with Crippen molar-refractivity contribution in [2.75, 3.05) is 13.1 Å². The highest BCUT2D eigenvalue weighted by molar-refractivity contribution is 7.17. The fourth-order valence-electron chi connectivity index (χ4n) is 3.10. The SMILES string of the molecule is O=C(O)CCC1CCCN(C(=O)c2cnc(-c3ccccc3Cl)s2)C1. The molecule has 2 heterocycles. The van der Waals surface area contributed by atoms with Gasteiger partial charge in [-0.05, 0) is 31.2 Å². The quantitative estimate of drug-likeness (QED) is 0.847. The maximum absolute atomic E-state index is 12.8. The number of likely N-dealkylation sites (tertiary alicyclic amines) is 1. The zero-order valence-corrected chi connectivity index (χ0v) is 15.2. The van der Waals surface area contributed by atoms with Crippen molar-refractivity contribution >= 4 is 34.8 Å². The Labute approximate surface area is 155 Å². The normalized spacial score (nSPS) is 17.5. The van der Waals surface area contributed by atoms with Gasteiger partial charge in [-0.15, -0.1) is 11.3 Å². The van der Waals surface area contributed by atoms with Crippen LogP contribution in [0.2, 0.25) is 5.02 Å². The Kier molecular flexibility index (Phi) is 5.71. The van der Waals surface area contributed by atoms with E-state index in [4.69, 9.17) is 16.7 Å². The van der Waals surface area contributed by atoms with Gasteiger partial charge < -0.3 is 10.0 Å². The number of aromatic nitrogens is 1. The molecular formula is C18H19ClN2O3S. The van der Waals surface area contributed by atoms with Gasteiger partial charge in [-0.3, -0.25) is 9.59 Å². The van der Waals surface area contributed by atoms with Crippen LogP contribution in [0.1, 0.15) is 35.4 Å². The number of piperidine rings is 1. The van der Waals surface area contributed by atoms with Gasteiger partial charge in [0.25, 0.3) is 5.91 Å². The van der Waals surface area contributed by atoms with E-state index in [9.17, 15) is 9.59 Å². The molecule has 1 atom stereocenters. The molecule has 1 N–H and O–H groups in total. The summed E-state index contributed by atoms with van der Waals surface area (Å²) in [6.07, 6.45) is 4.26. The zero-order valence-electron chi connectivity index (χ0n) is 13.7. The number of rotatable bonds is 5. The minimum absolute atomic E-state index is 0.0316. The van der Waals surface area contributed by atoms with Gasteiger partial charge in [0.05, 0.1) is 11.2 Å². The molecule has 1 unspecified atom stereocenters. The molecule has 1 aromatic heterocycles. The van der Waals surface area contributed by atoms with Gasteiger partial charge in [0.1, 0.15) is 9.88 Å². The lowest BCUT2D eigenvalue weighted by Gasteiger charge is -2.32. The van der Waals surface area contributed by atoms with Gasteiger partial charge in [-0.1, -0.05) is 29.8 Å². The Bertz CT molecular complexity index is 777. The number of hydrogen-bond donors (Lipinski definition) is 1. The summed E-state index contributed by atoms with van der Waals surface area (Å²) < 4.78 is 0. The van der Waals surface area contributed by atoms with E-state index >= 15 is 0 Å². The van der Waals surface area contributed by atoms with Crippen LogP contribution in [0.5, 0.6) is 0 Å². The Morgan fingerprint density at radius 1 is 1.36 bits per heavy atom. The van der Waals surface area contributed by atoms with E-state index in [-0.39, 0.29) is 18.2 Å². The molecule has 1 aromatic carbocycles. The number of carboxylic acid groups (broad SMARTS) is 1. The van der Waals surface area contributed by atoms with Crippen LogP contribution in [0.15, 0.2) is 30.5 Å². The lowest BCUT2D eigenvalue weighted by molar-refractivity contribution is -0.137. The number of hydrogen-bond acceptors (Lipinski definition) is 4. The number of halogens is 1. The van der Waals surface area contributed by atoms with Gasteiger partial charge in [0.2, 0.25) is 0 Å². The van der Waals surface area contributed by atoms with Crippen molar-refractivity contribution in [1.29, 1.82) is 0 Å². The first kappa shape index (κ1) is 17.9. The summed E-state index contributed by atoms with van der Waals surface area (Å²) in [6.45, 7) is 1.33. The topological polar surface area (TPSA) is 70.5 Å². The summed E-state index contributed by atoms with van der Waals surface area (Å²) >= 11 is 7.54. The van der Waals surface area contributed by atoms with Gasteiger partial charge in [0.15, 0.2) is 0 Å². The molecule has 0 bridgehead atoms. The van der Waals surface area contributed by atoms with E-state index in [1.165, 1.54) is 11.3 Å². The summed E-state index contributed by atoms with van der Waals surface area (Å²) in [5.41, 5.74) is 0.825. The number of thiazole rings is 1. The summed E-state index contributed by atoms with van der Waals surface area (Å²) in [4.78, 5) is 30.3. The lowest BCUT2D eigenvalue weighted by Crippen LogP contribution is -2.39. The molecule has 132 valence electrons. The minimum Gasteiger partial charge on any atom is -0.481 e. The number of carbonyl (C=O) groups excluding carboxylic acids is 1. The number of nitrogens with zero attached hydrogens (tertiary/aromatic N) is 2. The highest BCUT2D eigenvalue weighted by Gasteiger charge is 2.26. The fourth-order valence-corrected chi connectivity index (χ4v) is 4.31. The standard InChI is InChI=1S/C18H19ClN2O3S/c19-14-6-2-1-5-13(14)17-20-10-15(25-17)18(24)21-9-3-4-12(11-21)7-8-16(22)23/h1-2,5-6,10,12H,3-4,7-9,11H2,(H,22,23). The second kappa shape index (κ2) is 7.97. The van der Waals surface area contributed by atoms with Crippen LogP contribution in [0.4, 0.5) is 0 Å². The molecule has 1 saturated heterocycles. The maximum atomic E-state index is 12.8. The first-order valence-electron chi connectivity index (χ1n) is 8.26. The van der Waals surface area contributed by atoms with E-state index in [2.05, 4.69) is 4.98 Å². The average molecular weight is 379 g/mol. The molecule has 1 fully saturated rings. The van der Waals surface area contributed by atoms with Crippen molar-refractivity contribution in [3.05, 3.63) is 40.4 Å². The lowest BCUT2D eigenvalue weighted by atomic mass is 9.93. The summed E-state index contributed by atoms with van der Waals surface area (Å²) in [5, 5.41) is 10.2. The van der Waals surface area contributed by atoms with Crippen LogP contribution in [0.3, 0.4) is 0 Å². The molecule has 7 heteroatoms. The van der Waals surface area contributed by atoms with Gasteiger partial charge >= 0.3 is 5.97 Å². The monoisotopic (exact) mass is 378 g/mol. The molecule has 1 aliphatic heterocycles. The molecule has 2 aromatic rings. The molecule has 5 nitrogen and oxygen atoms in total. The number of benzene rings is 1. The number of amides is 1. The van der Waals surface area contributed by atoms with Gasteiger partial charge in [-0.25, -0.2) is 4.98 Å². The zero-order chi connectivity index (χ0) is 17.8. The van der Waals surface area contributed by atoms with Crippen molar-refractivity contribution in [1.82, 2.24) is 9.88 Å². The summed E-state index contributed by atoms with van der Waals surface area (Å²) in [7, 11) is 0. The summed E-state index contributed by atoms with van der Waals surface area (Å²) in [5.74, 6) is -0.559. The molecule has 1 aliphatic rings. The van der Waals surface area contributed by atoms with Crippen molar-refractivity contribution in [3.63, 3.8) is 0 Å². The van der Waals surface area contributed by atoms with Crippen molar-refractivity contribution < 1.29 is 14.7 Å². The van der Waals surface area contributed by atoms with E-state index in [0.29, 0.717) is 29.4 Å². The second-order valence-electron chi connectivity index (χ2n) is 6.20. The molecule has 0 aliphatic carbocycles. The molecule has 25 heavy (non-hydrogen) atoms.